The summed E-state index contributed by atoms with van der Waals surface area (Å²) < 4.78 is 0. The maximum Gasteiger partial charge on any atom is 0.0499 e. The van der Waals surface area contributed by atoms with Crippen LogP contribution < -0.4 is 0 Å². The third-order valence-corrected chi connectivity index (χ3v) is 7.57. The first-order chi connectivity index (χ1) is 7.05. The van der Waals surface area contributed by atoms with E-state index in [-0.39, 0.29) is 0 Å². The standard InChI is InChI=1S/C12H25NOSi/c1-15(2)8-3-6-13(7-9-15)10-12(11-14)4-5-12/h14H,3-11H2,1-2H3. The van der Waals surface area contributed by atoms with Gasteiger partial charge >= 0.3 is 0 Å². The fourth-order valence-corrected chi connectivity index (χ4v) is 4.94. The maximum absolute atomic E-state index is 9.34. The van der Waals surface area contributed by atoms with Gasteiger partial charge in [0.2, 0.25) is 0 Å². The molecule has 0 atom stereocenters. The normalized spacial score (nSPS) is 29.8. The molecule has 1 saturated carbocycles. The van der Waals surface area contributed by atoms with Gasteiger partial charge in [0, 0.05) is 26.6 Å². The molecule has 88 valence electrons. The van der Waals surface area contributed by atoms with Crippen LogP contribution in [0.3, 0.4) is 0 Å². The molecule has 0 aromatic rings. The molecule has 0 unspecified atom stereocenters. The molecule has 0 amide bonds. The summed E-state index contributed by atoms with van der Waals surface area (Å²) in [6.07, 6.45) is 3.89. The first-order valence-corrected chi connectivity index (χ1v) is 9.80. The molecule has 2 aliphatic rings. The zero-order valence-electron chi connectivity index (χ0n) is 10.3. The molecule has 3 heteroatoms. The molecule has 0 spiro atoms. The first-order valence-electron chi connectivity index (χ1n) is 6.39. The summed E-state index contributed by atoms with van der Waals surface area (Å²) in [6, 6.07) is 2.95. The molecular weight excluding hydrogens is 202 g/mol. The smallest absolute Gasteiger partial charge is 0.0499 e. The Kier molecular flexibility index (Phi) is 3.24. The summed E-state index contributed by atoms with van der Waals surface area (Å²) in [6.45, 7) is 9.18. The van der Waals surface area contributed by atoms with Gasteiger partial charge < -0.3 is 10.0 Å². The zero-order chi connectivity index (χ0) is 10.9. The van der Waals surface area contributed by atoms with Gasteiger partial charge in [-0.15, -0.1) is 0 Å². The van der Waals surface area contributed by atoms with Crippen molar-refractivity contribution in [1.29, 1.82) is 0 Å². The first kappa shape index (κ1) is 11.6. The molecule has 1 aliphatic heterocycles. The molecule has 0 bridgehead atoms. The van der Waals surface area contributed by atoms with Gasteiger partial charge in [0.25, 0.3) is 0 Å². The maximum atomic E-state index is 9.34. The Morgan fingerprint density at radius 3 is 2.53 bits per heavy atom. The molecule has 0 aromatic carbocycles. The predicted molar refractivity (Wildman–Crippen MR) is 66.9 cm³/mol. The van der Waals surface area contributed by atoms with Crippen LogP contribution in [0.5, 0.6) is 0 Å². The highest BCUT2D eigenvalue weighted by molar-refractivity contribution is 6.77. The van der Waals surface area contributed by atoms with Gasteiger partial charge in [0.05, 0.1) is 0 Å². The van der Waals surface area contributed by atoms with E-state index < -0.39 is 8.07 Å². The van der Waals surface area contributed by atoms with Crippen LogP contribution in [0.4, 0.5) is 0 Å². The average Bonchev–Trinajstić information content (AvgIpc) is 2.95. The summed E-state index contributed by atoms with van der Waals surface area (Å²) in [7, 11) is -0.852. The molecule has 2 fully saturated rings. The summed E-state index contributed by atoms with van der Waals surface area (Å²) >= 11 is 0. The van der Waals surface area contributed by atoms with Crippen molar-refractivity contribution in [2.45, 2.75) is 44.4 Å². The van der Waals surface area contributed by atoms with Crippen LogP contribution in [0.2, 0.25) is 25.2 Å². The number of hydrogen-bond acceptors (Lipinski definition) is 2. The molecule has 0 aromatic heterocycles. The zero-order valence-corrected chi connectivity index (χ0v) is 11.3. The summed E-state index contributed by atoms with van der Waals surface area (Å²) in [5, 5.41) is 9.34. The Hall–Kier alpha value is 0.137. The van der Waals surface area contributed by atoms with Crippen molar-refractivity contribution in [1.82, 2.24) is 4.90 Å². The van der Waals surface area contributed by atoms with Gasteiger partial charge in [-0.3, -0.25) is 0 Å². The average molecular weight is 227 g/mol. The van der Waals surface area contributed by atoms with E-state index in [9.17, 15) is 5.11 Å². The minimum absolute atomic E-state index is 0.316. The molecule has 2 rings (SSSR count). The number of hydrogen-bond donors (Lipinski definition) is 1. The molecular formula is C12H25NOSi. The summed E-state index contributed by atoms with van der Waals surface area (Å²) in [5.41, 5.74) is 0.316. The topological polar surface area (TPSA) is 23.5 Å². The van der Waals surface area contributed by atoms with Gasteiger partial charge in [0.15, 0.2) is 0 Å². The highest BCUT2D eigenvalue weighted by Gasteiger charge is 2.43. The van der Waals surface area contributed by atoms with E-state index in [1.807, 2.05) is 0 Å². The van der Waals surface area contributed by atoms with Crippen LogP contribution in [0.1, 0.15) is 19.3 Å². The lowest BCUT2D eigenvalue weighted by Crippen LogP contribution is -2.34. The second-order valence-corrected chi connectivity index (χ2v) is 11.8. The second-order valence-electron chi connectivity index (χ2n) is 6.45. The van der Waals surface area contributed by atoms with Crippen molar-refractivity contribution in [2.75, 3.05) is 26.2 Å². The van der Waals surface area contributed by atoms with Crippen molar-refractivity contribution < 1.29 is 5.11 Å². The molecule has 2 nitrogen and oxygen atoms in total. The van der Waals surface area contributed by atoms with E-state index in [2.05, 4.69) is 18.0 Å². The fourth-order valence-electron chi connectivity index (χ4n) is 2.65. The monoisotopic (exact) mass is 227 g/mol. The molecule has 0 radical (unpaired) electrons. The lowest BCUT2D eigenvalue weighted by molar-refractivity contribution is 0.153. The van der Waals surface area contributed by atoms with Crippen LogP contribution in [0.25, 0.3) is 0 Å². The van der Waals surface area contributed by atoms with Crippen molar-refractivity contribution in [2.24, 2.45) is 5.41 Å². The van der Waals surface area contributed by atoms with Crippen molar-refractivity contribution in [3.05, 3.63) is 0 Å². The van der Waals surface area contributed by atoms with E-state index in [0.29, 0.717) is 12.0 Å². The third kappa shape index (κ3) is 3.05. The van der Waals surface area contributed by atoms with E-state index in [1.54, 1.807) is 0 Å². The predicted octanol–water partition coefficient (Wildman–Crippen LogP) is 2.17. The Balaban J connectivity index is 1.84. The number of rotatable bonds is 3. The van der Waals surface area contributed by atoms with Crippen molar-refractivity contribution in [3.63, 3.8) is 0 Å². The summed E-state index contributed by atoms with van der Waals surface area (Å²) in [5.74, 6) is 0. The van der Waals surface area contributed by atoms with E-state index in [0.717, 1.165) is 6.54 Å². The Morgan fingerprint density at radius 1 is 1.20 bits per heavy atom. The highest BCUT2D eigenvalue weighted by atomic mass is 28.3. The van der Waals surface area contributed by atoms with Crippen LogP contribution in [-0.2, 0) is 0 Å². The Morgan fingerprint density at radius 2 is 1.93 bits per heavy atom. The minimum Gasteiger partial charge on any atom is -0.396 e. The van der Waals surface area contributed by atoms with E-state index in [1.165, 1.54) is 44.4 Å². The molecule has 1 heterocycles. The lowest BCUT2D eigenvalue weighted by atomic mass is 10.1. The summed E-state index contributed by atoms with van der Waals surface area (Å²) in [4.78, 5) is 2.62. The van der Waals surface area contributed by atoms with Crippen LogP contribution >= 0.6 is 0 Å². The highest BCUT2D eigenvalue weighted by Crippen LogP contribution is 2.46. The molecule has 1 N–H and O–H groups in total. The Labute approximate surface area is 94.7 Å². The SMILES string of the molecule is C[Si]1(C)CCCN(CC2(CO)CC2)CC1. The van der Waals surface area contributed by atoms with Gasteiger partial charge in [-0.05, 0) is 38.4 Å². The van der Waals surface area contributed by atoms with Gasteiger partial charge in [-0.1, -0.05) is 19.1 Å². The molecule has 1 aliphatic carbocycles. The quantitative estimate of drug-likeness (QED) is 0.747. The van der Waals surface area contributed by atoms with Crippen LogP contribution in [-0.4, -0.2) is 44.3 Å². The van der Waals surface area contributed by atoms with E-state index in [4.69, 9.17) is 0 Å². The van der Waals surface area contributed by atoms with Crippen molar-refractivity contribution in [3.8, 4) is 0 Å². The van der Waals surface area contributed by atoms with Gasteiger partial charge in [-0.2, -0.15) is 0 Å². The number of aliphatic hydroxyl groups is 1. The van der Waals surface area contributed by atoms with E-state index >= 15 is 0 Å². The van der Waals surface area contributed by atoms with Gasteiger partial charge in [0.1, 0.15) is 0 Å². The van der Waals surface area contributed by atoms with Gasteiger partial charge in [-0.25, -0.2) is 0 Å². The minimum atomic E-state index is -0.852. The van der Waals surface area contributed by atoms with Crippen LogP contribution in [0, 0.1) is 5.41 Å². The third-order valence-electron chi connectivity index (χ3n) is 4.28. The molecule has 15 heavy (non-hydrogen) atoms. The lowest BCUT2D eigenvalue weighted by Gasteiger charge is -2.25. The Bertz CT molecular complexity index is 226. The number of aliphatic hydroxyl groups excluding tert-OH is 1. The number of nitrogens with zero attached hydrogens (tertiary/aromatic N) is 1. The fraction of sp³-hybridized carbons (Fsp3) is 1.00. The second kappa shape index (κ2) is 4.19. The van der Waals surface area contributed by atoms with Crippen LogP contribution in [0.15, 0.2) is 0 Å². The molecule has 1 saturated heterocycles. The van der Waals surface area contributed by atoms with Crippen molar-refractivity contribution >= 4 is 8.07 Å². The largest absolute Gasteiger partial charge is 0.396 e.